The van der Waals surface area contributed by atoms with E-state index >= 15 is 0 Å². The van der Waals surface area contributed by atoms with Crippen molar-refractivity contribution in [3.63, 3.8) is 0 Å². The van der Waals surface area contributed by atoms with Crippen LogP contribution >= 0.6 is 0 Å². The molecule has 1 aliphatic heterocycles. The van der Waals surface area contributed by atoms with E-state index in [4.69, 9.17) is 0 Å². The number of rotatable bonds is 5. The Morgan fingerprint density at radius 3 is 2.94 bits per heavy atom. The molecule has 1 aromatic rings. The van der Waals surface area contributed by atoms with Gasteiger partial charge in [-0.1, -0.05) is 30.3 Å². The number of hydrogen-bond donors (Lipinski definition) is 1. The predicted molar refractivity (Wildman–Crippen MR) is 64.2 cm³/mol. The summed E-state index contributed by atoms with van der Waals surface area (Å²) in [4.78, 5) is 12.7. The predicted octanol–water partition coefficient (Wildman–Crippen LogP) is 1.05. The van der Waals surface area contributed by atoms with Crippen molar-refractivity contribution >= 4 is 6.41 Å². The Morgan fingerprint density at radius 2 is 2.19 bits per heavy atom. The maximum absolute atomic E-state index is 10.3. The molecule has 1 saturated heterocycles. The molecule has 1 N–H and O–H groups in total. The third-order valence-electron chi connectivity index (χ3n) is 3.14. The van der Waals surface area contributed by atoms with E-state index in [9.17, 15) is 4.79 Å². The molecule has 0 radical (unpaired) electrons. The van der Waals surface area contributed by atoms with Gasteiger partial charge in [-0.15, -0.1) is 0 Å². The second-order valence-electron chi connectivity index (χ2n) is 4.31. The Bertz CT molecular complexity index is 326. The molecule has 1 fully saturated rings. The highest BCUT2D eigenvalue weighted by Crippen LogP contribution is 2.10. The van der Waals surface area contributed by atoms with Crippen LogP contribution in [0.2, 0.25) is 0 Å². The van der Waals surface area contributed by atoms with Gasteiger partial charge in [-0.2, -0.15) is 0 Å². The third kappa shape index (κ3) is 3.07. The first kappa shape index (κ1) is 11.1. The molecule has 0 aromatic heterocycles. The fourth-order valence-electron chi connectivity index (χ4n) is 2.20. The lowest BCUT2D eigenvalue weighted by Crippen LogP contribution is -2.32. The molecule has 0 saturated carbocycles. The summed E-state index contributed by atoms with van der Waals surface area (Å²) in [6.45, 7) is 3.17. The van der Waals surface area contributed by atoms with Crippen LogP contribution in [0.5, 0.6) is 0 Å². The van der Waals surface area contributed by atoms with Gasteiger partial charge in [0.2, 0.25) is 6.41 Å². The third-order valence-corrected chi connectivity index (χ3v) is 3.14. The lowest BCUT2D eigenvalue weighted by Gasteiger charge is -2.15. The number of carbonyl (C=O) groups is 1. The van der Waals surface area contributed by atoms with Gasteiger partial charge in [0.1, 0.15) is 0 Å². The molecule has 2 rings (SSSR count). The average molecular weight is 218 g/mol. The van der Waals surface area contributed by atoms with Gasteiger partial charge in [0.15, 0.2) is 0 Å². The van der Waals surface area contributed by atoms with E-state index in [2.05, 4.69) is 34.5 Å². The molecule has 0 aliphatic carbocycles. The zero-order chi connectivity index (χ0) is 11.2. The summed E-state index contributed by atoms with van der Waals surface area (Å²) in [7, 11) is 0. The molecule has 0 bridgehead atoms. The molecule has 1 unspecified atom stereocenters. The summed E-state index contributed by atoms with van der Waals surface area (Å²) in [5.41, 5.74) is 1.38. The van der Waals surface area contributed by atoms with Crippen molar-refractivity contribution in [2.24, 2.45) is 0 Å². The van der Waals surface area contributed by atoms with Gasteiger partial charge in [-0.05, 0) is 18.4 Å². The molecule has 3 heteroatoms. The normalized spacial score (nSPS) is 20.9. The van der Waals surface area contributed by atoms with Gasteiger partial charge < -0.3 is 10.2 Å². The van der Waals surface area contributed by atoms with Crippen LogP contribution in [-0.2, 0) is 11.2 Å². The number of likely N-dealkylation sites (tertiary alicyclic amines) is 1. The zero-order valence-electron chi connectivity index (χ0n) is 9.43. The second kappa shape index (κ2) is 5.66. The topological polar surface area (TPSA) is 32.3 Å². The number of nitrogens with one attached hydrogen (secondary N) is 1. The van der Waals surface area contributed by atoms with E-state index in [1.807, 2.05) is 6.07 Å². The average Bonchev–Trinajstić information content (AvgIpc) is 2.76. The standard InChI is InChI=1S/C13H18N2O/c16-11-14-13-7-9-15(10-13)8-6-12-4-2-1-3-5-12/h1-5,11,13H,6-10H2,(H,14,16). The number of carbonyl (C=O) groups excluding carboxylic acids is 1. The highest BCUT2D eigenvalue weighted by atomic mass is 16.1. The summed E-state index contributed by atoms with van der Waals surface area (Å²) in [5.74, 6) is 0. The van der Waals surface area contributed by atoms with Gasteiger partial charge in [0, 0.05) is 25.7 Å². The molecule has 1 atom stereocenters. The smallest absolute Gasteiger partial charge is 0.207 e. The summed E-state index contributed by atoms with van der Waals surface area (Å²) in [5, 5.41) is 2.85. The Hall–Kier alpha value is -1.35. The molecule has 86 valence electrons. The van der Waals surface area contributed by atoms with Crippen LogP contribution in [0, 0.1) is 0 Å². The summed E-state index contributed by atoms with van der Waals surface area (Å²) >= 11 is 0. The van der Waals surface area contributed by atoms with Crippen LogP contribution in [0.3, 0.4) is 0 Å². The molecular weight excluding hydrogens is 200 g/mol. The molecule has 3 nitrogen and oxygen atoms in total. The van der Waals surface area contributed by atoms with Gasteiger partial charge in [-0.3, -0.25) is 4.79 Å². The van der Waals surface area contributed by atoms with Crippen molar-refractivity contribution in [2.75, 3.05) is 19.6 Å². The van der Waals surface area contributed by atoms with Crippen molar-refractivity contribution in [1.29, 1.82) is 0 Å². The number of amides is 1. The fraction of sp³-hybridized carbons (Fsp3) is 0.462. The number of benzene rings is 1. The lowest BCUT2D eigenvalue weighted by atomic mass is 10.1. The monoisotopic (exact) mass is 218 g/mol. The van der Waals surface area contributed by atoms with Gasteiger partial charge in [0.05, 0.1) is 0 Å². The molecule has 16 heavy (non-hydrogen) atoms. The largest absolute Gasteiger partial charge is 0.355 e. The van der Waals surface area contributed by atoms with Gasteiger partial charge in [-0.25, -0.2) is 0 Å². The summed E-state index contributed by atoms with van der Waals surface area (Å²) in [6, 6.07) is 10.9. The minimum absolute atomic E-state index is 0.355. The van der Waals surface area contributed by atoms with Crippen LogP contribution in [0.25, 0.3) is 0 Å². The van der Waals surface area contributed by atoms with E-state index in [-0.39, 0.29) is 0 Å². The van der Waals surface area contributed by atoms with Crippen LogP contribution in [0.4, 0.5) is 0 Å². The summed E-state index contributed by atoms with van der Waals surface area (Å²) in [6.07, 6.45) is 2.98. The Kier molecular flexibility index (Phi) is 3.94. The summed E-state index contributed by atoms with van der Waals surface area (Å²) < 4.78 is 0. The first-order valence-electron chi connectivity index (χ1n) is 5.84. The quantitative estimate of drug-likeness (QED) is 0.749. The maximum Gasteiger partial charge on any atom is 0.207 e. The van der Waals surface area contributed by atoms with Crippen molar-refractivity contribution in [2.45, 2.75) is 18.9 Å². The highest BCUT2D eigenvalue weighted by molar-refractivity contribution is 5.46. The zero-order valence-corrected chi connectivity index (χ0v) is 9.43. The van der Waals surface area contributed by atoms with Gasteiger partial charge >= 0.3 is 0 Å². The van der Waals surface area contributed by atoms with E-state index in [1.165, 1.54) is 5.56 Å². The van der Waals surface area contributed by atoms with E-state index in [1.54, 1.807) is 0 Å². The van der Waals surface area contributed by atoms with E-state index in [0.717, 1.165) is 38.9 Å². The van der Waals surface area contributed by atoms with Crippen LogP contribution < -0.4 is 5.32 Å². The SMILES string of the molecule is O=CNC1CCN(CCc2ccccc2)C1. The van der Waals surface area contributed by atoms with Crippen molar-refractivity contribution < 1.29 is 4.79 Å². The molecule has 1 aromatic carbocycles. The highest BCUT2D eigenvalue weighted by Gasteiger charge is 2.20. The Morgan fingerprint density at radius 1 is 1.38 bits per heavy atom. The minimum atomic E-state index is 0.355. The first-order chi connectivity index (χ1) is 7.88. The molecule has 1 heterocycles. The van der Waals surface area contributed by atoms with Crippen LogP contribution in [-0.4, -0.2) is 37.0 Å². The van der Waals surface area contributed by atoms with Crippen molar-refractivity contribution in [3.05, 3.63) is 35.9 Å². The minimum Gasteiger partial charge on any atom is -0.355 e. The number of hydrogen-bond acceptors (Lipinski definition) is 2. The molecule has 1 amide bonds. The number of nitrogens with zero attached hydrogens (tertiary/aromatic N) is 1. The van der Waals surface area contributed by atoms with Crippen molar-refractivity contribution in [1.82, 2.24) is 10.2 Å². The maximum atomic E-state index is 10.3. The lowest BCUT2D eigenvalue weighted by molar-refractivity contribution is -0.110. The van der Waals surface area contributed by atoms with Crippen LogP contribution in [0.15, 0.2) is 30.3 Å². The Labute approximate surface area is 96.5 Å². The van der Waals surface area contributed by atoms with Crippen molar-refractivity contribution in [3.8, 4) is 0 Å². The van der Waals surface area contributed by atoms with E-state index in [0.29, 0.717) is 6.04 Å². The molecular formula is C13H18N2O. The Balaban J connectivity index is 1.73. The second-order valence-corrected chi connectivity index (χ2v) is 4.31. The van der Waals surface area contributed by atoms with E-state index < -0.39 is 0 Å². The molecule has 1 aliphatic rings. The fourth-order valence-corrected chi connectivity index (χ4v) is 2.20. The molecule has 0 spiro atoms. The van der Waals surface area contributed by atoms with Gasteiger partial charge in [0.25, 0.3) is 0 Å². The van der Waals surface area contributed by atoms with Crippen LogP contribution in [0.1, 0.15) is 12.0 Å². The first-order valence-corrected chi connectivity index (χ1v) is 5.84.